The van der Waals surface area contributed by atoms with Gasteiger partial charge in [-0.1, -0.05) is 0 Å². The topological polar surface area (TPSA) is 48.1 Å². The molecule has 2 aliphatic rings. The van der Waals surface area contributed by atoms with E-state index in [1.807, 2.05) is 0 Å². The molecular weight excluding hydrogens is 168 g/mol. The Morgan fingerprint density at radius 3 is 1.40 bits per heavy atom. The molecule has 0 aliphatic carbocycles. The number of fused-ring (bicyclic) bond motifs is 1. The molecular formula is C4H6N4S2. The standard InChI is InChI=1S/C4H6N4S2/c9-3-5-1-2(7-3)8-4(10)6-1/h1-2H,(H2,5,7,9)(H2,6,8,10). The first-order valence-corrected chi connectivity index (χ1v) is 3.71. The average molecular weight is 174 g/mol. The molecule has 0 unspecified atom stereocenters. The Bertz CT molecular complexity index is 165. The van der Waals surface area contributed by atoms with Gasteiger partial charge < -0.3 is 21.3 Å². The zero-order chi connectivity index (χ0) is 7.14. The van der Waals surface area contributed by atoms with Crippen molar-refractivity contribution in [3.8, 4) is 0 Å². The molecule has 2 rings (SSSR count). The van der Waals surface area contributed by atoms with E-state index in [1.54, 1.807) is 0 Å². The molecule has 6 heteroatoms. The largest absolute Gasteiger partial charge is 0.339 e. The van der Waals surface area contributed by atoms with Crippen molar-refractivity contribution >= 4 is 34.7 Å². The summed E-state index contributed by atoms with van der Waals surface area (Å²) in [6.07, 6.45) is 0.250. The van der Waals surface area contributed by atoms with Crippen LogP contribution in [0.15, 0.2) is 0 Å². The minimum atomic E-state index is 0.125. The highest BCUT2D eigenvalue weighted by atomic mass is 32.1. The van der Waals surface area contributed by atoms with E-state index in [0.29, 0.717) is 10.2 Å². The number of nitrogens with one attached hydrogen (secondary N) is 4. The molecule has 0 saturated carbocycles. The molecule has 0 aromatic carbocycles. The van der Waals surface area contributed by atoms with E-state index in [9.17, 15) is 0 Å². The second-order valence-corrected chi connectivity index (χ2v) is 3.01. The summed E-state index contributed by atoms with van der Waals surface area (Å²) in [4.78, 5) is 0. The quantitative estimate of drug-likeness (QED) is 0.339. The summed E-state index contributed by atoms with van der Waals surface area (Å²) in [6, 6.07) is 0. The van der Waals surface area contributed by atoms with Gasteiger partial charge in [-0.15, -0.1) is 0 Å². The Morgan fingerprint density at radius 1 is 0.800 bits per heavy atom. The Labute approximate surface area is 68.7 Å². The Hall–Kier alpha value is -0.620. The Balaban J connectivity index is 2.12. The van der Waals surface area contributed by atoms with Gasteiger partial charge in [-0.2, -0.15) is 0 Å². The van der Waals surface area contributed by atoms with Crippen LogP contribution >= 0.6 is 24.4 Å². The smallest absolute Gasteiger partial charge is 0.169 e. The van der Waals surface area contributed by atoms with Crippen LogP contribution in [0.1, 0.15) is 0 Å². The number of hydrogen-bond donors (Lipinski definition) is 4. The van der Waals surface area contributed by atoms with Crippen LogP contribution < -0.4 is 21.3 Å². The van der Waals surface area contributed by atoms with Gasteiger partial charge in [-0.3, -0.25) is 0 Å². The maximum atomic E-state index is 4.87. The van der Waals surface area contributed by atoms with E-state index < -0.39 is 0 Å². The maximum absolute atomic E-state index is 4.87. The Morgan fingerprint density at radius 2 is 1.10 bits per heavy atom. The van der Waals surface area contributed by atoms with Crippen molar-refractivity contribution in [2.75, 3.05) is 0 Å². The molecule has 0 atom stereocenters. The highest BCUT2D eigenvalue weighted by Crippen LogP contribution is 2.00. The SMILES string of the molecule is S=C1NC2NC(=S)NC2N1. The predicted octanol–water partition coefficient (Wildman–Crippen LogP) is -1.41. The molecule has 2 aliphatic heterocycles. The van der Waals surface area contributed by atoms with Crippen molar-refractivity contribution in [1.82, 2.24) is 21.3 Å². The van der Waals surface area contributed by atoms with E-state index in [-0.39, 0.29) is 12.3 Å². The fraction of sp³-hybridized carbons (Fsp3) is 0.500. The third kappa shape index (κ3) is 0.800. The highest BCUT2D eigenvalue weighted by Gasteiger charge is 2.35. The molecule has 4 nitrogen and oxygen atoms in total. The molecule has 0 bridgehead atoms. The van der Waals surface area contributed by atoms with Gasteiger partial charge in [-0.05, 0) is 24.4 Å². The van der Waals surface area contributed by atoms with Crippen molar-refractivity contribution in [2.45, 2.75) is 12.3 Å². The fourth-order valence-electron chi connectivity index (χ4n) is 1.05. The van der Waals surface area contributed by atoms with E-state index in [2.05, 4.69) is 21.3 Å². The summed E-state index contributed by atoms with van der Waals surface area (Å²) >= 11 is 9.73. The van der Waals surface area contributed by atoms with Crippen LogP contribution in [-0.4, -0.2) is 22.6 Å². The lowest BCUT2D eigenvalue weighted by Crippen LogP contribution is -2.39. The van der Waals surface area contributed by atoms with Crippen molar-refractivity contribution < 1.29 is 0 Å². The van der Waals surface area contributed by atoms with Gasteiger partial charge >= 0.3 is 0 Å². The van der Waals surface area contributed by atoms with E-state index >= 15 is 0 Å². The summed E-state index contributed by atoms with van der Waals surface area (Å²) in [5.74, 6) is 0. The fourth-order valence-corrected chi connectivity index (χ4v) is 1.56. The van der Waals surface area contributed by atoms with Crippen LogP contribution in [0.5, 0.6) is 0 Å². The normalized spacial score (nSPS) is 35.6. The van der Waals surface area contributed by atoms with Crippen LogP contribution in [0.25, 0.3) is 0 Å². The zero-order valence-electron chi connectivity index (χ0n) is 4.97. The van der Waals surface area contributed by atoms with Gasteiger partial charge in [0.2, 0.25) is 0 Å². The Kier molecular flexibility index (Phi) is 1.18. The minimum absolute atomic E-state index is 0.125. The molecule has 54 valence electrons. The first kappa shape index (κ1) is 6.11. The van der Waals surface area contributed by atoms with E-state index in [4.69, 9.17) is 24.4 Å². The molecule has 0 aromatic heterocycles. The molecule has 2 saturated heterocycles. The molecule has 10 heavy (non-hydrogen) atoms. The first-order valence-electron chi connectivity index (χ1n) is 2.90. The average Bonchev–Trinajstić information content (AvgIpc) is 2.21. The van der Waals surface area contributed by atoms with Crippen LogP contribution in [-0.2, 0) is 0 Å². The van der Waals surface area contributed by atoms with E-state index in [0.717, 1.165) is 0 Å². The second-order valence-electron chi connectivity index (χ2n) is 2.19. The van der Waals surface area contributed by atoms with Crippen molar-refractivity contribution in [3.05, 3.63) is 0 Å². The lowest BCUT2D eigenvalue weighted by molar-refractivity contribution is 0.522. The van der Waals surface area contributed by atoms with E-state index in [1.165, 1.54) is 0 Å². The molecule has 0 radical (unpaired) electrons. The first-order chi connectivity index (χ1) is 4.75. The summed E-state index contributed by atoms with van der Waals surface area (Å²) in [5, 5.41) is 13.4. The van der Waals surface area contributed by atoms with Crippen molar-refractivity contribution in [2.24, 2.45) is 0 Å². The monoisotopic (exact) mass is 174 g/mol. The molecule has 4 N–H and O–H groups in total. The molecule has 0 spiro atoms. The predicted molar refractivity (Wildman–Crippen MR) is 45.3 cm³/mol. The van der Waals surface area contributed by atoms with Gasteiger partial charge in [0.1, 0.15) is 12.3 Å². The van der Waals surface area contributed by atoms with Crippen LogP contribution in [0.4, 0.5) is 0 Å². The molecule has 0 amide bonds. The third-order valence-corrected chi connectivity index (χ3v) is 1.95. The molecule has 2 fully saturated rings. The number of thiocarbonyl (C=S) groups is 2. The molecule has 2 heterocycles. The summed E-state index contributed by atoms with van der Waals surface area (Å²) in [6.45, 7) is 0. The van der Waals surface area contributed by atoms with Crippen LogP contribution in [0.2, 0.25) is 0 Å². The van der Waals surface area contributed by atoms with Gasteiger partial charge in [0.05, 0.1) is 0 Å². The van der Waals surface area contributed by atoms with Gasteiger partial charge in [0.25, 0.3) is 0 Å². The second kappa shape index (κ2) is 1.93. The lowest BCUT2D eigenvalue weighted by atomic mass is 10.4. The van der Waals surface area contributed by atoms with Crippen LogP contribution in [0.3, 0.4) is 0 Å². The van der Waals surface area contributed by atoms with Gasteiger partial charge in [0, 0.05) is 0 Å². The van der Waals surface area contributed by atoms with Crippen molar-refractivity contribution in [1.29, 1.82) is 0 Å². The van der Waals surface area contributed by atoms with Crippen molar-refractivity contribution in [3.63, 3.8) is 0 Å². The van der Waals surface area contributed by atoms with Crippen LogP contribution in [0, 0.1) is 0 Å². The van der Waals surface area contributed by atoms with Gasteiger partial charge in [-0.25, -0.2) is 0 Å². The summed E-state index contributed by atoms with van der Waals surface area (Å²) in [5.41, 5.74) is 0. The molecule has 0 aromatic rings. The van der Waals surface area contributed by atoms with Gasteiger partial charge in [0.15, 0.2) is 10.2 Å². The number of hydrogen-bond acceptors (Lipinski definition) is 2. The zero-order valence-corrected chi connectivity index (χ0v) is 6.60. The number of rotatable bonds is 0. The lowest BCUT2D eigenvalue weighted by Gasteiger charge is -2.04. The highest BCUT2D eigenvalue weighted by molar-refractivity contribution is 7.80. The minimum Gasteiger partial charge on any atom is -0.339 e. The third-order valence-electron chi connectivity index (χ3n) is 1.48. The summed E-state index contributed by atoms with van der Waals surface area (Å²) in [7, 11) is 0. The summed E-state index contributed by atoms with van der Waals surface area (Å²) < 4.78 is 0. The maximum Gasteiger partial charge on any atom is 0.169 e.